The fourth-order valence-corrected chi connectivity index (χ4v) is 1.57. The molecular weight excluding hydrogens is 202 g/mol. The van der Waals surface area contributed by atoms with Gasteiger partial charge in [0.25, 0.3) is 0 Å². The van der Waals surface area contributed by atoms with Crippen LogP contribution in [0.1, 0.15) is 18.5 Å². The maximum absolute atomic E-state index is 5.19. The summed E-state index contributed by atoms with van der Waals surface area (Å²) in [5.41, 5.74) is 2.16. The van der Waals surface area contributed by atoms with Crippen molar-refractivity contribution in [3.63, 3.8) is 0 Å². The van der Waals surface area contributed by atoms with Crippen molar-refractivity contribution in [2.24, 2.45) is 0 Å². The molecule has 1 aromatic carbocycles. The Kier molecular flexibility index (Phi) is 3.10. The first-order valence-corrected chi connectivity index (χ1v) is 5.19. The number of anilines is 1. The highest BCUT2D eigenvalue weighted by Crippen LogP contribution is 2.21. The summed E-state index contributed by atoms with van der Waals surface area (Å²) < 4.78 is 5.19. The molecule has 84 valence electrons. The summed E-state index contributed by atoms with van der Waals surface area (Å²) >= 11 is 0. The molecule has 0 bridgehead atoms. The predicted molar refractivity (Wildman–Crippen MR) is 63.6 cm³/mol. The largest absolute Gasteiger partial charge is 0.497 e. The van der Waals surface area contributed by atoms with Crippen molar-refractivity contribution in [2.45, 2.75) is 13.0 Å². The molecule has 2 rings (SSSR count). The number of H-pyrrole nitrogens is 1. The fourth-order valence-electron chi connectivity index (χ4n) is 1.57. The molecule has 1 unspecified atom stereocenters. The number of hydrogen-bond acceptors (Lipinski definition) is 3. The molecule has 0 saturated heterocycles. The molecule has 0 aliphatic carbocycles. The molecular formula is C12H15N3O. The molecule has 1 aromatic heterocycles. The zero-order chi connectivity index (χ0) is 11.4. The fraction of sp³-hybridized carbons (Fsp3) is 0.250. The second kappa shape index (κ2) is 4.70. The van der Waals surface area contributed by atoms with Gasteiger partial charge in [-0.1, -0.05) is 12.1 Å². The number of aromatic nitrogens is 2. The number of aromatic amines is 1. The van der Waals surface area contributed by atoms with Gasteiger partial charge in [-0.25, -0.2) is 0 Å². The molecule has 0 aliphatic heterocycles. The normalized spacial score (nSPS) is 12.1. The average molecular weight is 217 g/mol. The van der Waals surface area contributed by atoms with Crippen LogP contribution in [-0.4, -0.2) is 17.3 Å². The highest BCUT2D eigenvalue weighted by Gasteiger charge is 2.06. The van der Waals surface area contributed by atoms with E-state index in [1.165, 1.54) is 5.56 Å². The Morgan fingerprint density at radius 1 is 1.44 bits per heavy atom. The lowest BCUT2D eigenvalue weighted by atomic mass is 10.1. The van der Waals surface area contributed by atoms with Gasteiger partial charge in [0.05, 0.1) is 19.0 Å². The number of benzene rings is 1. The zero-order valence-corrected chi connectivity index (χ0v) is 9.40. The second-order valence-electron chi connectivity index (χ2n) is 3.63. The van der Waals surface area contributed by atoms with E-state index in [0.717, 1.165) is 11.4 Å². The quantitative estimate of drug-likeness (QED) is 0.827. The number of nitrogens with zero attached hydrogens (tertiary/aromatic N) is 1. The van der Waals surface area contributed by atoms with Crippen molar-refractivity contribution >= 4 is 5.69 Å². The minimum Gasteiger partial charge on any atom is -0.497 e. The van der Waals surface area contributed by atoms with Gasteiger partial charge >= 0.3 is 0 Å². The first-order valence-electron chi connectivity index (χ1n) is 5.19. The lowest BCUT2D eigenvalue weighted by molar-refractivity contribution is 0.414. The van der Waals surface area contributed by atoms with Gasteiger partial charge in [0.1, 0.15) is 5.75 Å². The maximum atomic E-state index is 5.19. The molecule has 2 N–H and O–H groups in total. The molecule has 0 saturated carbocycles. The highest BCUT2D eigenvalue weighted by atomic mass is 16.5. The first kappa shape index (κ1) is 10.5. The second-order valence-corrected chi connectivity index (χ2v) is 3.63. The molecule has 4 heteroatoms. The summed E-state index contributed by atoms with van der Waals surface area (Å²) in [7, 11) is 1.67. The summed E-state index contributed by atoms with van der Waals surface area (Å²) in [6, 6.07) is 8.24. The summed E-state index contributed by atoms with van der Waals surface area (Å²) in [4.78, 5) is 0. The Balaban J connectivity index is 2.11. The summed E-state index contributed by atoms with van der Waals surface area (Å²) in [5, 5.41) is 10.0. The van der Waals surface area contributed by atoms with Crippen molar-refractivity contribution in [1.82, 2.24) is 10.2 Å². The molecule has 2 aromatic rings. The summed E-state index contributed by atoms with van der Waals surface area (Å²) in [5.74, 6) is 0.873. The van der Waals surface area contributed by atoms with Gasteiger partial charge in [-0.05, 0) is 24.6 Å². The van der Waals surface area contributed by atoms with E-state index in [1.54, 1.807) is 13.3 Å². The van der Waals surface area contributed by atoms with Crippen LogP contribution in [0, 0.1) is 0 Å². The van der Waals surface area contributed by atoms with Gasteiger partial charge in [-0.15, -0.1) is 0 Å². The third-order valence-electron chi connectivity index (χ3n) is 2.48. The summed E-state index contributed by atoms with van der Waals surface area (Å²) in [6.45, 7) is 2.10. The Morgan fingerprint density at radius 2 is 2.31 bits per heavy atom. The van der Waals surface area contributed by atoms with Gasteiger partial charge in [0.15, 0.2) is 0 Å². The van der Waals surface area contributed by atoms with Crippen LogP contribution < -0.4 is 10.1 Å². The van der Waals surface area contributed by atoms with Gasteiger partial charge in [-0.3, -0.25) is 5.10 Å². The van der Waals surface area contributed by atoms with Crippen molar-refractivity contribution in [3.8, 4) is 5.75 Å². The molecule has 16 heavy (non-hydrogen) atoms. The molecule has 1 heterocycles. The number of nitrogens with one attached hydrogen (secondary N) is 2. The van der Waals surface area contributed by atoms with Gasteiger partial charge in [0.2, 0.25) is 0 Å². The Labute approximate surface area is 94.6 Å². The maximum Gasteiger partial charge on any atom is 0.119 e. The van der Waals surface area contributed by atoms with Crippen LogP contribution in [0.2, 0.25) is 0 Å². The van der Waals surface area contributed by atoms with Crippen LogP contribution >= 0.6 is 0 Å². The lowest BCUT2D eigenvalue weighted by Gasteiger charge is -2.14. The smallest absolute Gasteiger partial charge is 0.119 e. The van der Waals surface area contributed by atoms with E-state index in [0.29, 0.717) is 0 Å². The van der Waals surface area contributed by atoms with E-state index in [4.69, 9.17) is 4.74 Å². The summed E-state index contributed by atoms with van der Waals surface area (Å²) in [6.07, 6.45) is 3.59. The Morgan fingerprint density at radius 3 is 3.00 bits per heavy atom. The van der Waals surface area contributed by atoms with Crippen molar-refractivity contribution in [2.75, 3.05) is 12.4 Å². The molecule has 4 nitrogen and oxygen atoms in total. The minimum atomic E-state index is 0.215. The number of rotatable bonds is 4. The minimum absolute atomic E-state index is 0.215. The Bertz CT molecular complexity index is 439. The lowest BCUT2D eigenvalue weighted by Crippen LogP contribution is -2.05. The third-order valence-corrected chi connectivity index (χ3v) is 2.48. The van der Waals surface area contributed by atoms with E-state index < -0.39 is 0 Å². The zero-order valence-electron chi connectivity index (χ0n) is 9.40. The van der Waals surface area contributed by atoms with Gasteiger partial charge in [0, 0.05) is 12.2 Å². The van der Waals surface area contributed by atoms with E-state index in [1.807, 2.05) is 24.4 Å². The van der Waals surface area contributed by atoms with Crippen LogP contribution in [0.4, 0.5) is 5.69 Å². The van der Waals surface area contributed by atoms with E-state index in [-0.39, 0.29) is 6.04 Å². The number of ether oxygens (including phenoxy) is 1. The standard InChI is InChI=1S/C12H15N3O/c1-9(15-11-7-13-14-8-11)10-4-3-5-12(6-10)16-2/h3-9,15H,1-2H3,(H,13,14). The SMILES string of the molecule is COc1cccc(C(C)Nc2cn[nH]c2)c1. The van der Waals surface area contributed by atoms with E-state index >= 15 is 0 Å². The van der Waals surface area contributed by atoms with E-state index in [2.05, 4.69) is 28.5 Å². The Hall–Kier alpha value is -1.97. The monoisotopic (exact) mass is 217 g/mol. The van der Waals surface area contributed by atoms with Crippen molar-refractivity contribution in [3.05, 3.63) is 42.2 Å². The van der Waals surface area contributed by atoms with E-state index in [9.17, 15) is 0 Å². The van der Waals surface area contributed by atoms with Gasteiger partial charge in [-0.2, -0.15) is 5.10 Å². The van der Waals surface area contributed by atoms with Crippen LogP contribution in [-0.2, 0) is 0 Å². The first-order chi connectivity index (χ1) is 7.79. The van der Waals surface area contributed by atoms with Crippen molar-refractivity contribution < 1.29 is 4.74 Å². The predicted octanol–water partition coefficient (Wildman–Crippen LogP) is 2.59. The number of methoxy groups -OCH3 is 1. The molecule has 0 spiro atoms. The molecule has 1 atom stereocenters. The molecule has 0 radical (unpaired) electrons. The molecule has 0 amide bonds. The average Bonchev–Trinajstić information content (AvgIpc) is 2.82. The molecule has 0 aliphatic rings. The van der Waals surface area contributed by atoms with Crippen LogP contribution in [0.25, 0.3) is 0 Å². The van der Waals surface area contributed by atoms with Crippen molar-refractivity contribution in [1.29, 1.82) is 0 Å². The number of hydrogen-bond donors (Lipinski definition) is 2. The van der Waals surface area contributed by atoms with Crippen LogP contribution in [0.15, 0.2) is 36.7 Å². The highest BCUT2D eigenvalue weighted by molar-refractivity contribution is 5.42. The topological polar surface area (TPSA) is 49.9 Å². The third kappa shape index (κ3) is 2.34. The molecule has 0 fully saturated rings. The van der Waals surface area contributed by atoms with Crippen LogP contribution in [0.3, 0.4) is 0 Å². The van der Waals surface area contributed by atoms with Crippen LogP contribution in [0.5, 0.6) is 5.75 Å². The van der Waals surface area contributed by atoms with Gasteiger partial charge < -0.3 is 10.1 Å².